The first-order valence-corrected chi connectivity index (χ1v) is 39.9. The fraction of sp³-hybridized carbons (Fsp3) is 0.310. The minimum atomic E-state index is -5.91. The van der Waals surface area contributed by atoms with Crippen molar-refractivity contribution in [3.05, 3.63) is 172 Å². The number of benzene rings is 6. The molecule has 0 N–H and O–H groups in total. The van der Waals surface area contributed by atoms with Gasteiger partial charge in [0.2, 0.25) is 0 Å². The van der Waals surface area contributed by atoms with Crippen LogP contribution in [0.15, 0.2) is 139 Å². The zero-order valence-corrected chi connectivity index (χ0v) is 44.6. The first kappa shape index (κ1) is 43.7. The molecule has 0 saturated heterocycles. The van der Waals surface area contributed by atoms with E-state index in [1.165, 1.54) is 91.6 Å². The van der Waals surface area contributed by atoms with E-state index in [-0.39, 0.29) is 7.35 Å². The fourth-order valence-corrected chi connectivity index (χ4v) is 50.8. The summed E-state index contributed by atoms with van der Waals surface area (Å²) in [5.74, 6) is 1.49. The topological polar surface area (TPSA) is 0 Å². The van der Waals surface area contributed by atoms with E-state index in [1.54, 1.807) is 0 Å². The van der Waals surface area contributed by atoms with Gasteiger partial charge < -0.3 is 0 Å². The molecule has 0 saturated carbocycles. The van der Waals surface area contributed by atoms with Gasteiger partial charge in [0, 0.05) is 0 Å². The van der Waals surface area contributed by atoms with Crippen molar-refractivity contribution < 1.29 is 16.1 Å². The molecule has 3 aliphatic rings. The summed E-state index contributed by atoms with van der Waals surface area (Å²) in [7, 11) is 18.2. The van der Waals surface area contributed by atoms with Crippen LogP contribution in [-0.2, 0) is 16.1 Å². The quantitative estimate of drug-likeness (QED) is 0.101. The molecule has 1 aliphatic heterocycles. The summed E-state index contributed by atoms with van der Waals surface area (Å²) >= 11 is -5.91. The van der Waals surface area contributed by atoms with Crippen molar-refractivity contribution in [2.75, 3.05) is 0 Å². The van der Waals surface area contributed by atoms with E-state index in [0.29, 0.717) is 23.7 Å². The SMILES string of the molecule is CCC(C)C1=Cc2c(-c3ccccc3C(C)CC)cccc2[CH]1[Hf]([Cl])([Cl])([c]1cccc2c1[SiH2]c1ccccc1-2)[CH]1C(C(C)CC)=Cc2c(-c3ccccc3C(C)CC)cccc21. The number of hydrogen-bond acceptors (Lipinski definition) is 0. The third kappa shape index (κ3) is 6.83. The summed E-state index contributed by atoms with van der Waals surface area (Å²) < 4.78 is 1.12. The zero-order valence-electron chi connectivity index (χ0n) is 38.0. The van der Waals surface area contributed by atoms with E-state index in [9.17, 15) is 17.2 Å². The van der Waals surface area contributed by atoms with Gasteiger partial charge in [0.05, 0.1) is 0 Å². The Morgan fingerprint density at radius 2 is 0.855 bits per heavy atom. The average molecular weight is 1040 g/mol. The minimum absolute atomic E-state index is 0.0975. The molecule has 2 aliphatic carbocycles. The molecular weight excluding hydrogens is 974 g/mol. The predicted molar refractivity (Wildman–Crippen MR) is 273 cm³/mol. The number of hydrogen-bond donors (Lipinski definition) is 0. The van der Waals surface area contributed by atoms with Gasteiger partial charge in [-0.3, -0.25) is 0 Å². The second-order valence-electron chi connectivity index (χ2n) is 19.0. The van der Waals surface area contributed by atoms with Gasteiger partial charge in [-0.05, 0) is 0 Å². The van der Waals surface area contributed by atoms with Gasteiger partial charge in [0.1, 0.15) is 0 Å². The molecule has 6 atom stereocenters. The Labute approximate surface area is 383 Å². The van der Waals surface area contributed by atoms with E-state index >= 15 is 0 Å². The molecule has 62 heavy (non-hydrogen) atoms. The Balaban J connectivity index is 1.39. The Kier molecular flexibility index (Phi) is 12.1. The Bertz CT molecular complexity index is 2620. The summed E-state index contributed by atoms with van der Waals surface area (Å²) in [5, 5.41) is 2.99. The van der Waals surface area contributed by atoms with Gasteiger partial charge >= 0.3 is 386 Å². The van der Waals surface area contributed by atoms with Crippen LogP contribution in [0.4, 0.5) is 0 Å². The predicted octanol–water partition coefficient (Wildman–Crippen LogP) is 15.1. The number of fused-ring (bicyclic) bond motifs is 5. The van der Waals surface area contributed by atoms with Gasteiger partial charge in [0.25, 0.3) is 0 Å². The van der Waals surface area contributed by atoms with Crippen LogP contribution in [0.25, 0.3) is 45.5 Å². The average Bonchev–Trinajstić information content (AvgIpc) is 4.03. The molecule has 0 radical (unpaired) electrons. The van der Waals surface area contributed by atoms with Crippen molar-refractivity contribution in [1.29, 1.82) is 0 Å². The first-order chi connectivity index (χ1) is 30.0. The molecule has 317 valence electrons. The molecule has 4 heteroatoms. The normalized spacial score (nSPS) is 19.4. The summed E-state index contributed by atoms with van der Waals surface area (Å²) in [4.78, 5) is 0. The standard InChI is InChI=1S/2C23H27.C12H9Si.2ClH.Hf/c2*1-5-16(3)19-14-18-10-9-13-22(23(18)15-19)21-12-8-7-11-20(21)17(4)6-2;1-3-7-11-9(5-1)10-6-2-4-8-12(10)13-11;;;/h2*7-17H,5-6H2,1-4H3;1-7H,13H2;2*1H;/q;;;;;+2/p-2. The van der Waals surface area contributed by atoms with Crippen LogP contribution >= 0.6 is 17.2 Å². The third-order valence-electron chi connectivity index (χ3n) is 15.8. The molecule has 0 nitrogen and oxygen atoms in total. The molecule has 0 spiro atoms. The van der Waals surface area contributed by atoms with Crippen LogP contribution in [0.3, 0.4) is 0 Å². The molecule has 6 aromatic rings. The van der Waals surface area contributed by atoms with Crippen molar-refractivity contribution in [2.45, 2.75) is 100 Å². The Hall–Kier alpha value is -3.53. The summed E-state index contributed by atoms with van der Waals surface area (Å²) in [6, 6.07) is 48.6. The monoisotopic (exact) mass is 1040 g/mol. The maximum absolute atomic E-state index is 9.54. The number of allylic oxidation sites excluding steroid dienone is 2. The second-order valence-corrected chi connectivity index (χ2v) is 50.1. The molecule has 9 rings (SSSR count). The van der Waals surface area contributed by atoms with Crippen LogP contribution in [0, 0.1) is 11.8 Å². The Morgan fingerprint density at radius 3 is 1.34 bits per heavy atom. The van der Waals surface area contributed by atoms with Gasteiger partial charge in [0.15, 0.2) is 0 Å². The Morgan fingerprint density at radius 1 is 0.452 bits per heavy atom. The third-order valence-corrected chi connectivity index (χ3v) is 47.2. The maximum atomic E-state index is 9.54. The van der Waals surface area contributed by atoms with Crippen LogP contribution < -0.4 is 13.7 Å². The van der Waals surface area contributed by atoms with Crippen LogP contribution in [0.5, 0.6) is 0 Å². The van der Waals surface area contributed by atoms with Crippen molar-refractivity contribution >= 4 is 52.5 Å². The van der Waals surface area contributed by atoms with Gasteiger partial charge in [-0.1, -0.05) is 0 Å². The molecule has 0 bridgehead atoms. The van der Waals surface area contributed by atoms with Gasteiger partial charge in [-0.2, -0.15) is 0 Å². The molecule has 6 unspecified atom stereocenters. The summed E-state index contributed by atoms with van der Waals surface area (Å²) in [6.07, 6.45) is 9.38. The van der Waals surface area contributed by atoms with Crippen LogP contribution in [0.1, 0.15) is 134 Å². The molecule has 0 amide bonds. The van der Waals surface area contributed by atoms with Gasteiger partial charge in [-0.15, -0.1) is 0 Å². The fourth-order valence-electron chi connectivity index (χ4n) is 11.7. The summed E-state index contributed by atoms with van der Waals surface area (Å²) in [5.41, 5.74) is 19.0. The van der Waals surface area contributed by atoms with Crippen molar-refractivity contribution in [2.24, 2.45) is 11.8 Å². The molecule has 0 aromatic heterocycles. The van der Waals surface area contributed by atoms with Crippen molar-refractivity contribution in [3.8, 4) is 33.4 Å². The van der Waals surface area contributed by atoms with E-state index in [0.717, 1.165) is 25.7 Å². The number of halogens is 2. The molecule has 0 fully saturated rings. The van der Waals surface area contributed by atoms with Crippen molar-refractivity contribution in [3.63, 3.8) is 0 Å². The number of rotatable bonds is 13. The summed E-state index contributed by atoms with van der Waals surface area (Å²) in [6.45, 7) is 18.9. The van der Waals surface area contributed by atoms with Crippen LogP contribution in [0.2, 0.25) is 0 Å². The van der Waals surface area contributed by atoms with E-state index < -0.39 is 25.7 Å². The van der Waals surface area contributed by atoms with E-state index in [2.05, 4.69) is 195 Å². The zero-order chi connectivity index (χ0) is 43.5. The van der Waals surface area contributed by atoms with Crippen LogP contribution in [-0.4, -0.2) is 9.52 Å². The molecule has 6 aromatic carbocycles. The second kappa shape index (κ2) is 17.1. The molecule has 1 heterocycles. The van der Waals surface area contributed by atoms with E-state index in [1.807, 2.05) is 0 Å². The molecular formula is C58H63Cl2HfSi. The van der Waals surface area contributed by atoms with Gasteiger partial charge in [-0.25, -0.2) is 0 Å². The van der Waals surface area contributed by atoms with E-state index in [4.69, 9.17) is 0 Å². The first-order valence-electron chi connectivity index (χ1n) is 23.6. The van der Waals surface area contributed by atoms with Crippen molar-refractivity contribution in [1.82, 2.24) is 0 Å².